The van der Waals surface area contributed by atoms with Crippen LogP contribution in [-0.4, -0.2) is 0 Å². The Kier molecular flexibility index (Phi) is 4.92. The van der Waals surface area contributed by atoms with Crippen LogP contribution in [0, 0.1) is 17.7 Å². The van der Waals surface area contributed by atoms with Crippen LogP contribution in [0.1, 0.15) is 44.6 Å². The average Bonchev–Trinajstić information content (AvgIpc) is 2.55. The third-order valence-electron chi connectivity index (χ3n) is 5.09. The van der Waals surface area contributed by atoms with Crippen molar-refractivity contribution in [1.82, 2.24) is 0 Å². The lowest BCUT2D eigenvalue weighted by atomic mass is 9.80. The van der Waals surface area contributed by atoms with Crippen LogP contribution in [0.25, 0.3) is 11.1 Å². The first-order valence-corrected chi connectivity index (χ1v) is 8.55. The summed E-state index contributed by atoms with van der Waals surface area (Å²) in [6.45, 7) is 2.38. The molecule has 0 N–H and O–H groups in total. The molecule has 0 aliphatic heterocycles. The van der Waals surface area contributed by atoms with E-state index in [0.717, 1.165) is 23.0 Å². The highest BCUT2D eigenvalue weighted by molar-refractivity contribution is 5.63. The van der Waals surface area contributed by atoms with Gasteiger partial charge in [0.25, 0.3) is 0 Å². The normalized spacial score (nSPS) is 21.7. The van der Waals surface area contributed by atoms with Crippen molar-refractivity contribution in [1.29, 1.82) is 0 Å². The second-order valence-electron chi connectivity index (χ2n) is 6.87. The summed E-state index contributed by atoms with van der Waals surface area (Å²) in [6.07, 6.45) is 8.10. The molecule has 116 valence electrons. The predicted octanol–water partition coefficient (Wildman–Crippen LogP) is 6.25. The summed E-state index contributed by atoms with van der Waals surface area (Å²) in [6, 6.07) is 15.4. The Morgan fingerprint density at radius 3 is 2.32 bits per heavy atom. The average molecular weight is 296 g/mol. The largest absolute Gasteiger partial charge is 0.207 e. The zero-order valence-corrected chi connectivity index (χ0v) is 13.4. The first-order valence-electron chi connectivity index (χ1n) is 8.55. The molecule has 0 unspecified atom stereocenters. The summed E-state index contributed by atoms with van der Waals surface area (Å²) in [4.78, 5) is 0. The minimum absolute atomic E-state index is 0.173. The molecule has 2 aromatic carbocycles. The topological polar surface area (TPSA) is 0 Å². The standard InChI is InChI=1S/C21H25F/c1-16-5-7-17(8-6-16)9-10-18-11-13-19(14-12-18)20-3-2-4-21(22)15-20/h2-4,11-17H,5-10H2,1H3. The fourth-order valence-corrected chi connectivity index (χ4v) is 3.52. The van der Waals surface area contributed by atoms with Gasteiger partial charge in [0.2, 0.25) is 0 Å². The van der Waals surface area contributed by atoms with Gasteiger partial charge in [0.05, 0.1) is 0 Å². The molecule has 1 aliphatic rings. The van der Waals surface area contributed by atoms with Crippen LogP contribution in [0.15, 0.2) is 48.5 Å². The molecule has 0 atom stereocenters. The van der Waals surface area contributed by atoms with Crippen LogP contribution in [0.4, 0.5) is 4.39 Å². The first-order chi connectivity index (χ1) is 10.7. The maximum absolute atomic E-state index is 13.3. The lowest BCUT2D eigenvalue weighted by Gasteiger charge is -2.26. The van der Waals surface area contributed by atoms with Gasteiger partial charge >= 0.3 is 0 Å². The highest BCUT2D eigenvalue weighted by atomic mass is 19.1. The van der Waals surface area contributed by atoms with E-state index in [0.29, 0.717) is 0 Å². The van der Waals surface area contributed by atoms with E-state index in [1.807, 2.05) is 6.07 Å². The summed E-state index contributed by atoms with van der Waals surface area (Å²) in [5, 5.41) is 0. The maximum Gasteiger partial charge on any atom is 0.123 e. The maximum atomic E-state index is 13.3. The second kappa shape index (κ2) is 7.09. The van der Waals surface area contributed by atoms with E-state index < -0.39 is 0 Å². The molecule has 0 heterocycles. The number of halogens is 1. The van der Waals surface area contributed by atoms with Crippen LogP contribution >= 0.6 is 0 Å². The van der Waals surface area contributed by atoms with E-state index in [1.165, 1.54) is 50.2 Å². The monoisotopic (exact) mass is 296 g/mol. The Hall–Kier alpha value is -1.63. The van der Waals surface area contributed by atoms with Gasteiger partial charge in [-0.05, 0) is 53.5 Å². The molecule has 1 aliphatic carbocycles. The third kappa shape index (κ3) is 3.97. The quantitative estimate of drug-likeness (QED) is 0.625. The van der Waals surface area contributed by atoms with Crippen LogP contribution in [0.5, 0.6) is 0 Å². The zero-order valence-electron chi connectivity index (χ0n) is 13.4. The molecule has 1 saturated carbocycles. The molecule has 2 aromatic rings. The van der Waals surface area contributed by atoms with Crippen molar-refractivity contribution in [3.63, 3.8) is 0 Å². The Balaban J connectivity index is 1.57. The van der Waals surface area contributed by atoms with Gasteiger partial charge in [0.1, 0.15) is 5.82 Å². The van der Waals surface area contributed by atoms with E-state index in [-0.39, 0.29) is 5.82 Å². The van der Waals surface area contributed by atoms with Crippen LogP contribution in [-0.2, 0) is 6.42 Å². The van der Waals surface area contributed by atoms with E-state index in [2.05, 4.69) is 31.2 Å². The van der Waals surface area contributed by atoms with Gasteiger partial charge in [-0.25, -0.2) is 4.39 Å². The SMILES string of the molecule is CC1CCC(CCc2ccc(-c3cccc(F)c3)cc2)CC1. The van der Waals surface area contributed by atoms with E-state index >= 15 is 0 Å². The molecule has 0 spiro atoms. The van der Waals surface area contributed by atoms with Gasteiger partial charge in [0, 0.05) is 0 Å². The number of aryl methyl sites for hydroxylation is 1. The fraction of sp³-hybridized carbons (Fsp3) is 0.429. The van der Waals surface area contributed by atoms with Gasteiger partial charge in [-0.15, -0.1) is 0 Å². The van der Waals surface area contributed by atoms with Crippen LogP contribution in [0.2, 0.25) is 0 Å². The Labute approximate surface area is 133 Å². The van der Waals surface area contributed by atoms with Gasteiger partial charge in [-0.2, -0.15) is 0 Å². The van der Waals surface area contributed by atoms with Crippen molar-refractivity contribution < 1.29 is 4.39 Å². The fourth-order valence-electron chi connectivity index (χ4n) is 3.52. The molecule has 0 bridgehead atoms. The van der Waals surface area contributed by atoms with Crippen molar-refractivity contribution in [2.24, 2.45) is 11.8 Å². The summed E-state index contributed by atoms with van der Waals surface area (Å²) in [7, 11) is 0. The van der Waals surface area contributed by atoms with Crippen LogP contribution < -0.4 is 0 Å². The summed E-state index contributed by atoms with van der Waals surface area (Å²) in [5.41, 5.74) is 3.45. The molecular formula is C21H25F. The van der Waals surface area contributed by atoms with Gasteiger partial charge in [-0.3, -0.25) is 0 Å². The van der Waals surface area contributed by atoms with E-state index in [1.54, 1.807) is 12.1 Å². The molecule has 22 heavy (non-hydrogen) atoms. The Morgan fingerprint density at radius 2 is 1.64 bits per heavy atom. The lowest BCUT2D eigenvalue weighted by Crippen LogP contribution is -2.12. The second-order valence-corrected chi connectivity index (χ2v) is 6.87. The molecule has 3 rings (SSSR count). The van der Waals surface area contributed by atoms with E-state index in [9.17, 15) is 4.39 Å². The van der Waals surface area contributed by atoms with Crippen molar-refractivity contribution in [2.75, 3.05) is 0 Å². The predicted molar refractivity (Wildman–Crippen MR) is 91.3 cm³/mol. The van der Waals surface area contributed by atoms with E-state index in [4.69, 9.17) is 0 Å². The van der Waals surface area contributed by atoms with Crippen LogP contribution in [0.3, 0.4) is 0 Å². The van der Waals surface area contributed by atoms with Gasteiger partial charge in [0.15, 0.2) is 0 Å². The number of hydrogen-bond donors (Lipinski definition) is 0. The van der Waals surface area contributed by atoms with Crippen molar-refractivity contribution in [3.05, 3.63) is 59.9 Å². The molecule has 1 fully saturated rings. The summed E-state index contributed by atoms with van der Waals surface area (Å²) in [5.74, 6) is 1.68. The minimum Gasteiger partial charge on any atom is -0.207 e. The highest BCUT2D eigenvalue weighted by Gasteiger charge is 2.17. The lowest BCUT2D eigenvalue weighted by molar-refractivity contribution is 0.278. The number of rotatable bonds is 4. The summed E-state index contributed by atoms with van der Waals surface area (Å²) < 4.78 is 13.3. The zero-order chi connectivity index (χ0) is 15.4. The molecule has 1 heteroatoms. The Morgan fingerprint density at radius 1 is 0.909 bits per heavy atom. The van der Waals surface area contributed by atoms with Crippen molar-refractivity contribution in [2.45, 2.75) is 45.4 Å². The van der Waals surface area contributed by atoms with Gasteiger partial charge < -0.3 is 0 Å². The summed E-state index contributed by atoms with van der Waals surface area (Å²) >= 11 is 0. The first kappa shape index (κ1) is 15.3. The van der Waals surface area contributed by atoms with Gasteiger partial charge in [-0.1, -0.05) is 69.0 Å². The smallest absolute Gasteiger partial charge is 0.123 e. The molecule has 0 saturated heterocycles. The molecule has 0 radical (unpaired) electrons. The molecule has 0 aromatic heterocycles. The Bertz CT molecular complexity index is 592. The third-order valence-corrected chi connectivity index (χ3v) is 5.09. The molecule has 0 amide bonds. The minimum atomic E-state index is -0.173. The number of benzene rings is 2. The van der Waals surface area contributed by atoms with Crippen molar-refractivity contribution in [3.8, 4) is 11.1 Å². The molecular weight excluding hydrogens is 271 g/mol. The number of hydrogen-bond acceptors (Lipinski definition) is 0. The highest BCUT2D eigenvalue weighted by Crippen LogP contribution is 2.31. The van der Waals surface area contributed by atoms with Crippen molar-refractivity contribution >= 4 is 0 Å². The molecule has 0 nitrogen and oxygen atoms in total.